The molecule has 0 unspecified atom stereocenters. The predicted octanol–water partition coefficient (Wildman–Crippen LogP) is -0.529. The molecule has 1 saturated heterocycles. The molecule has 9 nitrogen and oxygen atoms in total. The van der Waals surface area contributed by atoms with Crippen LogP contribution in [0.1, 0.15) is 0 Å². The molecule has 0 saturated carbocycles. The van der Waals surface area contributed by atoms with E-state index in [9.17, 15) is 25.2 Å². The first-order valence-corrected chi connectivity index (χ1v) is 8.28. The van der Waals surface area contributed by atoms with E-state index in [-0.39, 0.29) is 11.2 Å². The van der Waals surface area contributed by atoms with Crippen LogP contribution in [-0.2, 0) is 4.74 Å². The molecule has 1 aromatic rings. The minimum atomic E-state index is -1.54. The van der Waals surface area contributed by atoms with E-state index in [4.69, 9.17) is 13.9 Å². The Labute approximate surface area is 152 Å². The summed E-state index contributed by atoms with van der Waals surface area (Å²) in [6, 6.07) is 8.99. The first-order chi connectivity index (χ1) is 13.0. The Bertz CT molecular complexity index is 987. The van der Waals surface area contributed by atoms with Crippen LogP contribution in [0.3, 0.4) is 0 Å². The maximum absolute atomic E-state index is 11.5. The van der Waals surface area contributed by atoms with Crippen LogP contribution in [0.2, 0.25) is 0 Å². The van der Waals surface area contributed by atoms with E-state index in [1.54, 1.807) is 18.2 Å². The van der Waals surface area contributed by atoms with Gasteiger partial charge in [-0.2, -0.15) is 0 Å². The average Bonchev–Trinajstić information content (AvgIpc) is 2.66. The third kappa shape index (κ3) is 3.27. The van der Waals surface area contributed by atoms with E-state index in [0.29, 0.717) is 22.6 Å². The molecule has 0 amide bonds. The highest BCUT2D eigenvalue weighted by molar-refractivity contribution is 5.77. The summed E-state index contributed by atoms with van der Waals surface area (Å²) in [5, 5.41) is 38.9. The minimum absolute atomic E-state index is 0.207. The van der Waals surface area contributed by atoms with E-state index in [1.165, 1.54) is 18.2 Å². The Balaban J connectivity index is 1.65. The number of hydrogen-bond donors (Lipinski definition) is 4. The average molecular weight is 375 g/mol. The number of aliphatic hydroxyl groups excluding tert-OH is 4. The summed E-state index contributed by atoms with van der Waals surface area (Å²) in [4.78, 5) is 15.9. The van der Waals surface area contributed by atoms with Crippen LogP contribution in [-0.4, -0.2) is 62.7 Å². The SMILES string of the molecule is O=c1ccc2nc3ccc(O[C@@H]4O[C@H](CO)[C@H](O)[C@@H](O)[C@H]4O)cc3oc-2c1. The quantitative estimate of drug-likeness (QED) is 0.444. The first-order valence-electron chi connectivity index (χ1n) is 8.28. The van der Waals surface area contributed by atoms with Crippen LogP contribution in [0.25, 0.3) is 22.6 Å². The van der Waals surface area contributed by atoms with Crippen molar-refractivity contribution in [3.8, 4) is 17.2 Å². The van der Waals surface area contributed by atoms with Crippen LogP contribution >= 0.6 is 0 Å². The zero-order chi connectivity index (χ0) is 19.1. The van der Waals surface area contributed by atoms with E-state index >= 15 is 0 Å². The molecule has 27 heavy (non-hydrogen) atoms. The molecule has 4 N–H and O–H groups in total. The highest BCUT2D eigenvalue weighted by atomic mass is 16.7. The van der Waals surface area contributed by atoms with Crippen LogP contribution < -0.4 is 10.2 Å². The Kier molecular flexibility index (Phi) is 4.54. The van der Waals surface area contributed by atoms with Crippen molar-refractivity contribution in [3.05, 3.63) is 46.6 Å². The van der Waals surface area contributed by atoms with Crippen molar-refractivity contribution < 1.29 is 34.3 Å². The lowest BCUT2D eigenvalue weighted by Gasteiger charge is -2.39. The molecule has 1 fully saturated rings. The number of nitrogens with zero attached hydrogens (tertiary/aromatic N) is 1. The van der Waals surface area contributed by atoms with Crippen LogP contribution in [0.15, 0.2) is 45.6 Å². The molecule has 2 aliphatic heterocycles. The molecular formula is C18H17NO8. The van der Waals surface area contributed by atoms with Gasteiger partial charge in [0, 0.05) is 12.1 Å². The Hall–Kier alpha value is -2.56. The molecule has 0 spiro atoms. The number of rotatable bonds is 3. The van der Waals surface area contributed by atoms with Crippen molar-refractivity contribution in [2.75, 3.05) is 6.61 Å². The van der Waals surface area contributed by atoms with Gasteiger partial charge < -0.3 is 34.3 Å². The van der Waals surface area contributed by atoms with Gasteiger partial charge in [-0.1, -0.05) is 0 Å². The number of fused-ring (bicyclic) bond motifs is 2. The second kappa shape index (κ2) is 6.87. The van der Waals surface area contributed by atoms with Crippen molar-refractivity contribution >= 4 is 11.1 Å². The van der Waals surface area contributed by atoms with Gasteiger partial charge in [0.15, 0.2) is 16.8 Å². The summed E-state index contributed by atoms with van der Waals surface area (Å²) in [6.45, 7) is -0.550. The van der Waals surface area contributed by atoms with Gasteiger partial charge >= 0.3 is 0 Å². The van der Waals surface area contributed by atoms with Gasteiger partial charge in [0.25, 0.3) is 0 Å². The Morgan fingerprint density at radius 2 is 1.85 bits per heavy atom. The van der Waals surface area contributed by atoms with Gasteiger partial charge in [0.1, 0.15) is 41.4 Å². The van der Waals surface area contributed by atoms with Gasteiger partial charge in [-0.05, 0) is 24.3 Å². The fourth-order valence-electron chi connectivity index (χ4n) is 2.96. The van der Waals surface area contributed by atoms with Gasteiger partial charge in [-0.15, -0.1) is 0 Å². The summed E-state index contributed by atoms with van der Waals surface area (Å²) >= 11 is 0. The van der Waals surface area contributed by atoms with Gasteiger partial charge in [0.2, 0.25) is 6.29 Å². The monoisotopic (exact) mass is 375 g/mol. The third-order valence-corrected chi connectivity index (χ3v) is 4.42. The molecular weight excluding hydrogens is 358 g/mol. The molecule has 3 aliphatic rings. The van der Waals surface area contributed by atoms with Gasteiger partial charge in [-0.25, -0.2) is 4.98 Å². The van der Waals surface area contributed by atoms with E-state index in [2.05, 4.69) is 4.98 Å². The largest absolute Gasteiger partial charge is 0.462 e. The fourth-order valence-corrected chi connectivity index (χ4v) is 2.96. The number of ether oxygens (including phenoxy) is 2. The number of benzene rings is 2. The molecule has 9 heteroatoms. The predicted molar refractivity (Wildman–Crippen MR) is 91.3 cm³/mol. The number of hydrogen-bond acceptors (Lipinski definition) is 9. The standard InChI is InChI=1S/C18H17NO8/c20-7-14-15(22)16(23)17(24)18(27-14)25-9-2-4-11-13(6-9)26-12-5-8(21)1-3-10(12)19-11/h1-6,14-18,20,22-24H,7H2/t14-,15+,16-,17-,18-/m1/s1. The lowest BCUT2D eigenvalue weighted by Crippen LogP contribution is -2.60. The fraction of sp³-hybridized carbons (Fsp3) is 0.333. The van der Waals surface area contributed by atoms with Crippen molar-refractivity contribution in [3.63, 3.8) is 0 Å². The maximum Gasteiger partial charge on any atom is 0.229 e. The highest BCUT2D eigenvalue weighted by Gasteiger charge is 2.44. The van der Waals surface area contributed by atoms with E-state index in [1.807, 2.05) is 0 Å². The molecule has 142 valence electrons. The summed E-state index contributed by atoms with van der Waals surface area (Å²) < 4.78 is 16.6. The molecule has 0 aromatic heterocycles. The van der Waals surface area contributed by atoms with Gasteiger partial charge in [-0.3, -0.25) is 4.79 Å². The molecule has 1 aromatic carbocycles. The maximum atomic E-state index is 11.5. The summed E-state index contributed by atoms with van der Waals surface area (Å²) in [7, 11) is 0. The highest BCUT2D eigenvalue weighted by Crippen LogP contribution is 2.29. The zero-order valence-corrected chi connectivity index (χ0v) is 13.9. The number of aromatic nitrogens is 1. The van der Waals surface area contributed by atoms with E-state index in [0.717, 1.165) is 0 Å². The smallest absolute Gasteiger partial charge is 0.229 e. The van der Waals surface area contributed by atoms with Crippen molar-refractivity contribution in [2.45, 2.75) is 30.7 Å². The van der Waals surface area contributed by atoms with Crippen LogP contribution in [0.4, 0.5) is 0 Å². The molecule has 2 heterocycles. The first kappa shape index (κ1) is 17.8. The topological polar surface area (TPSA) is 142 Å². The van der Waals surface area contributed by atoms with E-state index < -0.39 is 37.3 Å². The normalized spacial score (nSPS) is 28.5. The molecule has 4 rings (SSSR count). The third-order valence-electron chi connectivity index (χ3n) is 4.42. The summed E-state index contributed by atoms with van der Waals surface area (Å²) in [6.07, 6.45) is -6.90. The lowest BCUT2D eigenvalue weighted by atomic mass is 9.99. The minimum Gasteiger partial charge on any atom is -0.462 e. The lowest BCUT2D eigenvalue weighted by molar-refractivity contribution is -0.277. The van der Waals surface area contributed by atoms with Crippen LogP contribution in [0, 0.1) is 0 Å². The Morgan fingerprint density at radius 1 is 1.04 bits per heavy atom. The van der Waals surface area contributed by atoms with Crippen molar-refractivity contribution in [2.24, 2.45) is 0 Å². The summed E-state index contributed by atoms with van der Waals surface area (Å²) in [5.41, 5.74) is 1.20. The van der Waals surface area contributed by atoms with Crippen molar-refractivity contribution in [1.29, 1.82) is 0 Å². The molecule has 0 radical (unpaired) electrons. The van der Waals surface area contributed by atoms with Gasteiger partial charge in [0.05, 0.1) is 6.61 Å². The number of aliphatic hydroxyl groups is 4. The Morgan fingerprint density at radius 3 is 2.63 bits per heavy atom. The summed E-state index contributed by atoms with van der Waals surface area (Å²) in [5.74, 6) is 0.565. The second-order valence-electron chi connectivity index (χ2n) is 6.29. The molecule has 0 bridgehead atoms. The van der Waals surface area contributed by atoms with Crippen LogP contribution in [0.5, 0.6) is 5.75 Å². The second-order valence-corrected chi connectivity index (χ2v) is 6.29. The molecule has 5 atom stereocenters. The zero-order valence-electron chi connectivity index (χ0n) is 13.9. The van der Waals surface area contributed by atoms with Crippen molar-refractivity contribution in [1.82, 2.24) is 4.98 Å². The molecule has 1 aliphatic carbocycles.